The number of rotatable bonds is 5. The van der Waals surface area contributed by atoms with Crippen molar-refractivity contribution in [3.63, 3.8) is 0 Å². The van der Waals surface area contributed by atoms with Gasteiger partial charge in [-0.1, -0.05) is 23.7 Å². The standard InChI is InChI=1S/C22H23ClFN3O5/c1-26-11-22(6-12(7-22)10-32-2)27-9-14(18(28)19(29)17(27)21(26)31)20(30)25-8-13-4-3-5-15(23)16(13)24/h3-5,9,12,29H,6-8,10-11H2,1-2H3,(H,25,30)/t12-,22-. The van der Waals surface area contributed by atoms with E-state index < -0.39 is 34.3 Å². The number of hydrogen-bond acceptors (Lipinski definition) is 5. The summed E-state index contributed by atoms with van der Waals surface area (Å²) >= 11 is 5.77. The molecule has 2 heterocycles. The van der Waals surface area contributed by atoms with Crippen LogP contribution in [0.2, 0.25) is 5.02 Å². The van der Waals surface area contributed by atoms with Crippen molar-refractivity contribution in [1.82, 2.24) is 14.8 Å². The monoisotopic (exact) mass is 463 g/mol. The Morgan fingerprint density at radius 1 is 1.38 bits per heavy atom. The highest BCUT2D eigenvalue weighted by Crippen LogP contribution is 2.48. The van der Waals surface area contributed by atoms with Crippen LogP contribution in [0.5, 0.6) is 5.75 Å². The van der Waals surface area contributed by atoms with E-state index in [9.17, 15) is 23.9 Å². The molecule has 1 spiro atoms. The van der Waals surface area contributed by atoms with Gasteiger partial charge < -0.3 is 24.6 Å². The topological polar surface area (TPSA) is 101 Å². The Bertz CT molecular complexity index is 1160. The Kier molecular flexibility index (Phi) is 5.72. The SMILES string of the molecule is COC[C@H]1C[C@@]2(CN(C)C(=O)c3c(O)c(=O)c(C(=O)NCc4cccc(Cl)c4F)cn32)C1. The largest absolute Gasteiger partial charge is 0.503 e. The maximum Gasteiger partial charge on any atom is 0.274 e. The first-order chi connectivity index (χ1) is 15.2. The first kappa shape index (κ1) is 22.3. The Morgan fingerprint density at radius 3 is 2.78 bits per heavy atom. The maximum absolute atomic E-state index is 14.1. The molecule has 0 unspecified atom stereocenters. The number of aromatic nitrogens is 1. The normalized spacial score (nSPS) is 21.9. The molecule has 2 amide bonds. The van der Waals surface area contributed by atoms with Gasteiger partial charge in [0.25, 0.3) is 11.8 Å². The van der Waals surface area contributed by atoms with E-state index in [1.165, 1.54) is 23.2 Å². The van der Waals surface area contributed by atoms with Crippen LogP contribution in [0.4, 0.5) is 4.39 Å². The lowest BCUT2D eigenvalue weighted by Gasteiger charge is -2.54. The summed E-state index contributed by atoms with van der Waals surface area (Å²) in [6, 6.07) is 4.40. The number of benzene rings is 1. The molecule has 10 heteroatoms. The molecule has 8 nitrogen and oxygen atoms in total. The van der Waals surface area contributed by atoms with E-state index in [4.69, 9.17) is 16.3 Å². The second-order valence-corrected chi connectivity index (χ2v) is 8.86. The van der Waals surface area contributed by atoms with E-state index in [0.29, 0.717) is 26.0 Å². The highest BCUT2D eigenvalue weighted by molar-refractivity contribution is 6.30. The molecule has 0 radical (unpaired) electrons. The van der Waals surface area contributed by atoms with Crippen LogP contribution < -0.4 is 10.7 Å². The molecule has 1 fully saturated rings. The third-order valence-electron chi connectivity index (χ3n) is 6.23. The summed E-state index contributed by atoms with van der Waals surface area (Å²) in [4.78, 5) is 39.7. The van der Waals surface area contributed by atoms with Crippen molar-refractivity contribution in [2.24, 2.45) is 5.92 Å². The number of carbonyl (C=O) groups excluding carboxylic acids is 2. The van der Waals surface area contributed by atoms with Crippen LogP contribution in [0.15, 0.2) is 29.2 Å². The smallest absolute Gasteiger partial charge is 0.274 e. The van der Waals surface area contributed by atoms with Crippen LogP contribution in [0, 0.1) is 11.7 Å². The highest BCUT2D eigenvalue weighted by atomic mass is 35.5. The molecular weight excluding hydrogens is 441 g/mol. The van der Waals surface area contributed by atoms with Crippen LogP contribution in [-0.4, -0.2) is 53.7 Å². The zero-order valence-electron chi connectivity index (χ0n) is 17.7. The van der Waals surface area contributed by atoms with Crippen molar-refractivity contribution < 1.29 is 23.8 Å². The average molecular weight is 464 g/mol. The van der Waals surface area contributed by atoms with Gasteiger partial charge in [-0.05, 0) is 24.8 Å². The van der Waals surface area contributed by atoms with Gasteiger partial charge in [-0.15, -0.1) is 0 Å². The van der Waals surface area contributed by atoms with Gasteiger partial charge in [-0.2, -0.15) is 0 Å². The van der Waals surface area contributed by atoms with Crippen molar-refractivity contribution >= 4 is 23.4 Å². The fourth-order valence-corrected chi connectivity index (χ4v) is 4.96. The molecule has 1 aliphatic carbocycles. The summed E-state index contributed by atoms with van der Waals surface area (Å²) in [5, 5.41) is 13.0. The van der Waals surface area contributed by atoms with Crippen molar-refractivity contribution in [3.8, 4) is 5.75 Å². The van der Waals surface area contributed by atoms with E-state index in [1.54, 1.807) is 24.8 Å². The third kappa shape index (κ3) is 3.55. The minimum atomic E-state index is -0.952. The predicted octanol–water partition coefficient (Wildman–Crippen LogP) is 2.11. The summed E-state index contributed by atoms with van der Waals surface area (Å²) in [7, 11) is 3.23. The molecule has 1 aromatic carbocycles. The molecule has 1 saturated carbocycles. The van der Waals surface area contributed by atoms with E-state index in [2.05, 4.69) is 5.32 Å². The van der Waals surface area contributed by atoms with Crippen LogP contribution >= 0.6 is 11.6 Å². The molecule has 1 aliphatic heterocycles. The van der Waals surface area contributed by atoms with Gasteiger partial charge in [0.2, 0.25) is 5.43 Å². The maximum atomic E-state index is 14.1. The van der Waals surface area contributed by atoms with Gasteiger partial charge in [0.05, 0.1) is 10.6 Å². The molecule has 0 bridgehead atoms. The number of methoxy groups -OCH3 is 1. The van der Waals surface area contributed by atoms with Gasteiger partial charge in [0, 0.05) is 45.6 Å². The second-order valence-electron chi connectivity index (χ2n) is 8.45. The van der Waals surface area contributed by atoms with Gasteiger partial charge in [0.15, 0.2) is 11.4 Å². The molecule has 1 aromatic heterocycles. The molecule has 2 aromatic rings. The third-order valence-corrected chi connectivity index (χ3v) is 6.52. The summed E-state index contributed by atoms with van der Waals surface area (Å²) in [6.07, 6.45) is 2.67. The Labute approximate surface area is 188 Å². The molecule has 0 atom stereocenters. The Morgan fingerprint density at radius 2 is 2.09 bits per heavy atom. The minimum absolute atomic E-state index is 0.0802. The number of halogens is 2. The fraction of sp³-hybridized carbons (Fsp3) is 0.409. The number of nitrogens with one attached hydrogen (secondary N) is 1. The van der Waals surface area contributed by atoms with Crippen molar-refractivity contribution in [1.29, 1.82) is 0 Å². The quantitative estimate of drug-likeness (QED) is 0.707. The highest BCUT2D eigenvalue weighted by Gasteiger charge is 2.51. The number of pyridine rings is 1. The van der Waals surface area contributed by atoms with E-state index in [0.717, 1.165) is 0 Å². The second kappa shape index (κ2) is 8.22. The van der Waals surface area contributed by atoms with E-state index in [1.807, 2.05) is 0 Å². The van der Waals surface area contributed by atoms with Gasteiger partial charge >= 0.3 is 0 Å². The number of hydrogen-bond donors (Lipinski definition) is 2. The zero-order chi connectivity index (χ0) is 23.2. The lowest BCUT2D eigenvalue weighted by molar-refractivity contribution is -0.0190. The predicted molar refractivity (Wildman–Crippen MR) is 114 cm³/mol. The van der Waals surface area contributed by atoms with Gasteiger partial charge in [-0.3, -0.25) is 14.4 Å². The van der Waals surface area contributed by atoms with E-state index >= 15 is 0 Å². The number of ether oxygens (including phenoxy) is 1. The molecule has 4 rings (SSSR count). The van der Waals surface area contributed by atoms with Crippen LogP contribution in [0.3, 0.4) is 0 Å². The summed E-state index contributed by atoms with van der Waals surface area (Å²) in [5.41, 5.74) is -1.78. The molecule has 2 N–H and O–H groups in total. The Balaban J connectivity index is 1.68. The van der Waals surface area contributed by atoms with Crippen LogP contribution in [0.25, 0.3) is 0 Å². The number of aromatic hydroxyl groups is 1. The zero-order valence-corrected chi connectivity index (χ0v) is 18.4. The molecule has 32 heavy (non-hydrogen) atoms. The first-order valence-corrected chi connectivity index (χ1v) is 10.5. The number of amides is 2. The number of likely N-dealkylation sites (N-methyl/N-ethyl adjacent to an activating group) is 1. The Hall–Kier alpha value is -2.91. The molecule has 2 aliphatic rings. The summed E-state index contributed by atoms with van der Waals surface area (Å²) in [6.45, 7) is 0.742. The number of carbonyl (C=O) groups is 2. The van der Waals surface area contributed by atoms with Crippen LogP contribution in [-0.2, 0) is 16.8 Å². The van der Waals surface area contributed by atoms with Crippen molar-refractivity contribution in [2.75, 3.05) is 27.3 Å². The van der Waals surface area contributed by atoms with Crippen LogP contribution in [0.1, 0.15) is 39.3 Å². The minimum Gasteiger partial charge on any atom is -0.503 e. The molecule has 0 saturated heterocycles. The van der Waals surface area contributed by atoms with Gasteiger partial charge in [-0.25, -0.2) is 4.39 Å². The molecule has 170 valence electrons. The lowest BCUT2D eigenvalue weighted by atomic mass is 9.67. The lowest BCUT2D eigenvalue weighted by Crippen LogP contribution is -2.60. The summed E-state index contributed by atoms with van der Waals surface area (Å²) in [5.74, 6) is -2.44. The fourth-order valence-electron chi connectivity index (χ4n) is 4.76. The number of nitrogens with zero attached hydrogens (tertiary/aromatic N) is 2. The molecular formula is C22H23ClFN3O5. The van der Waals surface area contributed by atoms with Crippen molar-refractivity contribution in [3.05, 3.63) is 62.3 Å². The van der Waals surface area contributed by atoms with Gasteiger partial charge in [0.1, 0.15) is 11.4 Å². The average Bonchev–Trinajstić information content (AvgIpc) is 2.73. The van der Waals surface area contributed by atoms with Crippen molar-refractivity contribution in [2.45, 2.75) is 24.9 Å². The van der Waals surface area contributed by atoms with E-state index in [-0.39, 0.29) is 34.3 Å². The number of fused-ring (bicyclic) bond motifs is 2. The first-order valence-electron chi connectivity index (χ1n) is 10.1. The summed E-state index contributed by atoms with van der Waals surface area (Å²) < 4.78 is 20.9.